The Hall–Kier alpha value is -2.19. The zero-order valence-corrected chi connectivity index (χ0v) is 12.6. The molecule has 21 heavy (non-hydrogen) atoms. The first-order chi connectivity index (χ1) is 10.2. The molecule has 1 aromatic rings. The summed E-state index contributed by atoms with van der Waals surface area (Å²) in [7, 11) is 1.63. The first-order valence-electron chi connectivity index (χ1n) is 6.52. The lowest BCUT2D eigenvalue weighted by molar-refractivity contribution is -0.117. The molecule has 0 spiro atoms. The minimum Gasteiger partial charge on any atom is -0.496 e. The van der Waals surface area contributed by atoms with Crippen LogP contribution in [0.1, 0.15) is 5.56 Å². The Morgan fingerprint density at radius 1 is 1.43 bits per heavy atom. The van der Waals surface area contributed by atoms with E-state index in [0.717, 1.165) is 17.7 Å². The zero-order valence-electron chi connectivity index (χ0n) is 11.9. The second-order valence-corrected chi connectivity index (χ2v) is 4.51. The van der Waals surface area contributed by atoms with E-state index in [1.54, 1.807) is 7.11 Å². The Balaban J connectivity index is 2.49. The fourth-order valence-electron chi connectivity index (χ4n) is 1.70. The number of carbonyl (C=O) groups excluding carboxylic acids is 1. The number of hydrogen-bond acceptors (Lipinski definition) is 4. The van der Waals surface area contributed by atoms with E-state index < -0.39 is 5.91 Å². The van der Waals surface area contributed by atoms with Crippen LogP contribution in [-0.2, 0) is 11.2 Å². The molecule has 5 nitrogen and oxygen atoms in total. The summed E-state index contributed by atoms with van der Waals surface area (Å²) in [6.45, 7) is 0.926. The minimum atomic E-state index is -0.428. The Bertz CT molecular complexity index is 538. The largest absolute Gasteiger partial charge is 0.496 e. The van der Waals surface area contributed by atoms with Crippen LogP contribution in [0.5, 0.6) is 5.75 Å². The van der Waals surface area contributed by atoms with E-state index in [0.29, 0.717) is 19.0 Å². The maximum Gasteiger partial charge on any atom is 0.263 e. The van der Waals surface area contributed by atoms with Gasteiger partial charge in [0, 0.05) is 25.2 Å². The summed E-state index contributed by atoms with van der Waals surface area (Å²) >= 11 is 5.47. The summed E-state index contributed by atoms with van der Waals surface area (Å²) in [4.78, 5) is 11.6. The SMILES string of the molecule is COc1ccccc1CCN/C=C(/C#N)C(=O)NCCCl. The quantitative estimate of drug-likeness (QED) is 0.331. The lowest BCUT2D eigenvalue weighted by Crippen LogP contribution is -2.27. The molecule has 0 aromatic heterocycles. The molecule has 1 rings (SSSR count). The van der Waals surface area contributed by atoms with Gasteiger partial charge in [0.2, 0.25) is 0 Å². The summed E-state index contributed by atoms with van der Waals surface area (Å²) in [6, 6.07) is 9.57. The van der Waals surface area contributed by atoms with Gasteiger partial charge in [-0.15, -0.1) is 11.6 Å². The number of alkyl halides is 1. The van der Waals surface area contributed by atoms with E-state index in [9.17, 15) is 4.79 Å². The molecule has 0 radical (unpaired) electrons. The van der Waals surface area contributed by atoms with Crippen LogP contribution in [0, 0.1) is 11.3 Å². The first kappa shape index (κ1) is 16.9. The fourth-order valence-corrected chi connectivity index (χ4v) is 1.79. The molecule has 0 unspecified atom stereocenters. The highest BCUT2D eigenvalue weighted by Gasteiger charge is 2.07. The first-order valence-corrected chi connectivity index (χ1v) is 7.06. The monoisotopic (exact) mass is 307 g/mol. The van der Waals surface area contributed by atoms with Crippen LogP contribution in [0.3, 0.4) is 0 Å². The minimum absolute atomic E-state index is 0.0279. The van der Waals surface area contributed by atoms with Crippen LogP contribution in [0.25, 0.3) is 0 Å². The Morgan fingerprint density at radius 3 is 2.86 bits per heavy atom. The Labute approximate surface area is 129 Å². The van der Waals surface area contributed by atoms with Crippen molar-refractivity contribution in [2.45, 2.75) is 6.42 Å². The standard InChI is InChI=1S/C15H18ClN3O2/c1-21-14-5-3-2-4-12(14)6-8-18-11-13(10-17)15(20)19-9-7-16/h2-5,11,18H,6-9H2,1H3,(H,19,20)/b13-11-. The summed E-state index contributed by atoms with van der Waals surface area (Å²) in [5.41, 5.74) is 1.09. The molecule has 6 heteroatoms. The Kier molecular flexibility index (Phi) is 7.77. The molecule has 1 aromatic carbocycles. The lowest BCUT2D eigenvalue weighted by atomic mass is 10.1. The summed E-state index contributed by atoms with van der Waals surface area (Å²) < 4.78 is 5.26. The van der Waals surface area contributed by atoms with Gasteiger partial charge in [0.1, 0.15) is 17.4 Å². The van der Waals surface area contributed by atoms with Gasteiger partial charge < -0.3 is 15.4 Å². The average Bonchev–Trinajstić information content (AvgIpc) is 2.53. The molecule has 0 fully saturated rings. The van der Waals surface area contributed by atoms with Gasteiger partial charge in [0.15, 0.2) is 0 Å². The number of halogens is 1. The molecular formula is C15H18ClN3O2. The van der Waals surface area contributed by atoms with Crippen molar-refractivity contribution in [2.75, 3.05) is 26.1 Å². The Morgan fingerprint density at radius 2 is 2.19 bits per heavy atom. The van der Waals surface area contributed by atoms with Crippen molar-refractivity contribution in [3.8, 4) is 11.8 Å². The number of rotatable bonds is 8. The number of para-hydroxylation sites is 1. The van der Waals surface area contributed by atoms with E-state index in [4.69, 9.17) is 21.6 Å². The molecule has 1 amide bonds. The number of hydrogen-bond donors (Lipinski definition) is 2. The third-order valence-corrected chi connectivity index (χ3v) is 2.91. The second-order valence-electron chi connectivity index (χ2n) is 4.13. The molecular weight excluding hydrogens is 290 g/mol. The highest BCUT2D eigenvalue weighted by atomic mass is 35.5. The smallest absolute Gasteiger partial charge is 0.263 e. The topological polar surface area (TPSA) is 74.1 Å². The van der Waals surface area contributed by atoms with Gasteiger partial charge in [-0.05, 0) is 18.1 Å². The predicted octanol–water partition coefficient (Wildman–Crippen LogP) is 1.59. The highest BCUT2D eigenvalue weighted by molar-refractivity contribution is 6.18. The van der Waals surface area contributed by atoms with E-state index in [1.165, 1.54) is 6.20 Å². The van der Waals surface area contributed by atoms with Gasteiger partial charge in [0.25, 0.3) is 5.91 Å². The maximum atomic E-state index is 11.6. The zero-order chi connectivity index (χ0) is 15.5. The van der Waals surface area contributed by atoms with Gasteiger partial charge in [-0.3, -0.25) is 4.79 Å². The fraction of sp³-hybridized carbons (Fsp3) is 0.333. The van der Waals surface area contributed by atoms with Crippen molar-refractivity contribution in [1.82, 2.24) is 10.6 Å². The number of amides is 1. The number of nitrogens with one attached hydrogen (secondary N) is 2. The summed E-state index contributed by atoms with van der Waals surface area (Å²) in [6.07, 6.45) is 2.14. The van der Waals surface area contributed by atoms with Crippen LogP contribution in [0.2, 0.25) is 0 Å². The lowest BCUT2D eigenvalue weighted by Gasteiger charge is -2.08. The van der Waals surface area contributed by atoms with E-state index in [-0.39, 0.29) is 5.57 Å². The van der Waals surface area contributed by atoms with E-state index in [1.807, 2.05) is 30.3 Å². The molecule has 0 atom stereocenters. The number of carbonyl (C=O) groups is 1. The highest BCUT2D eigenvalue weighted by Crippen LogP contribution is 2.17. The molecule has 0 heterocycles. The molecule has 0 bridgehead atoms. The number of methoxy groups -OCH3 is 1. The number of nitriles is 1. The third-order valence-electron chi connectivity index (χ3n) is 2.72. The molecule has 0 saturated heterocycles. The number of benzene rings is 1. The average molecular weight is 308 g/mol. The molecule has 0 aliphatic carbocycles. The molecule has 0 saturated carbocycles. The third kappa shape index (κ3) is 5.76. The van der Waals surface area contributed by atoms with Gasteiger partial charge in [-0.2, -0.15) is 5.26 Å². The summed E-state index contributed by atoms with van der Waals surface area (Å²) in [5, 5.41) is 14.4. The van der Waals surface area contributed by atoms with Gasteiger partial charge in [-0.1, -0.05) is 18.2 Å². The van der Waals surface area contributed by atoms with Gasteiger partial charge >= 0.3 is 0 Å². The number of ether oxygens (including phenoxy) is 1. The van der Waals surface area contributed by atoms with Crippen LogP contribution >= 0.6 is 11.6 Å². The maximum absolute atomic E-state index is 11.6. The number of nitrogens with zero attached hydrogens (tertiary/aromatic N) is 1. The van der Waals surface area contributed by atoms with Crippen molar-refractivity contribution < 1.29 is 9.53 Å². The molecule has 0 aliphatic heterocycles. The molecule has 2 N–H and O–H groups in total. The molecule has 0 aliphatic rings. The van der Waals surface area contributed by atoms with Crippen molar-refractivity contribution in [3.63, 3.8) is 0 Å². The van der Waals surface area contributed by atoms with Crippen LogP contribution in [0.4, 0.5) is 0 Å². The van der Waals surface area contributed by atoms with Crippen LogP contribution in [-0.4, -0.2) is 32.0 Å². The predicted molar refractivity (Wildman–Crippen MR) is 82.1 cm³/mol. The van der Waals surface area contributed by atoms with Crippen molar-refractivity contribution in [3.05, 3.63) is 41.6 Å². The van der Waals surface area contributed by atoms with Crippen molar-refractivity contribution in [1.29, 1.82) is 5.26 Å². The summed E-state index contributed by atoms with van der Waals surface area (Å²) in [5.74, 6) is 0.706. The van der Waals surface area contributed by atoms with E-state index in [2.05, 4.69) is 10.6 Å². The van der Waals surface area contributed by atoms with E-state index >= 15 is 0 Å². The van der Waals surface area contributed by atoms with Gasteiger partial charge in [0.05, 0.1) is 7.11 Å². The van der Waals surface area contributed by atoms with Crippen LogP contribution < -0.4 is 15.4 Å². The second kappa shape index (κ2) is 9.67. The van der Waals surface area contributed by atoms with Gasteiger partial charge in [-0.25, -0.2) is 0 Å². The van der Waals surface area contributed by atoms with Crippen molar-refractivity contribution >= 4 is 17.5 Å². The van der Waals surface area contributed by atoms with Crippen molar-refractivity contribution in [2.24, 2.45) is 0 Å². The normalized spacial score (nSPS) is 10.6. The molecule has 112 valence electrons. The van der Waals surface area contributed by atoms with Crippen LogP contribution in [0.15, 0.2) is 36.0 Å².